The van der Waals surface area contributed by atoms with Gasteiger partial charge in [0, 0.05) is 18.7 Å². The Balaban J connectivity index is 1.39. The molecule has 1 aliphatic carbocycles. The summed E-state index contributed by atoms with van der Waals surface area (Å²) in [4.78, 5) is 20.0. The second-order valence-electron chi connectivity index (χ2n) is 8.69. The molecule has 30 heavy (non-hydrogen) atoms. The van der Waals surface area contributed by atoms with Gasteiger partial charge in [-0.1, -0.05) is 31.0 Å². The molecule has 160 valence electrons. The van der Waals surface area contributed by atoms with Crippen LogP contribution in [0.5, 0.6) is 5.75 Å². The molecule has 1 saturated carbocycles. The Bertz CT molecular complexity index is 812. The molecule has 0 radical (unpaired) electrons. The van der Waals surface area contributed by atoms with E-state index in [1.165, 1.54) is 18.4 Å². The van der Waals surface area contributed by atoms with Gasteiger partial charge in [-0.05, 0) is 74.5 Å². The zero-order valence-electron chi connectivity index (χ0n) is 17.9. The molecule has 2 heterocycles. The molecular formula is C25H33N3O2. The summed E-state index contributed by atoms with van der Waals surface area (Å²) in [5, 5.41) is 3.39. The summed E-state index contributed by atoms with van der Waals surface area (Å²) >= 11 is 0. The molecule has 1 aliphatic heterocycles. The molecule has 0 spiro atoms. The van der Waals surface area contributed by atoms with Crippen molar-refractivity contribution >= 4 is 5.91 Å². The lowest BCUT2D eigenvalue weighted by Gasteiger charge is -2.36. The highest BCUT2D eigenvalue weighted by molar-refractivity contribution is 5.79. The van der Waals surface area contributed by atoms with Crippen LogP contribution in [0.25, 0.3) is 0 Å². The number of aromatic nitrogens is 1. The van der Waals surface area contributed by atoms with Crippen molar-refractivity contribution < 1.29 is 9.53 Å². The van der Waals surface area contributed by atoms with E-state index in [4.69, 9.17) is 4.74 Å². The normalized spacial score (nSPS) is 19.5. The van der Waals surface area contributed by atoms with Crippen LogP contribution < -0.4 is 10.1 Å². The average Bonchev–Trinajstić information content (AvgIpc) is 3.34. The van der Waals surface area contributed by atoms with Crippen LogP contribution >= 0.6 is 0 Å². The molecule has 1 atom stereocenters. The Hall–Kier alpha value is -2.40. The van der Waals surface area contributed by atoms with Crippen LogP contribution in [0.15, 0.2) is 48.7 Å². The number of methoxy groups -OCH3 is 1. The summed E-state index contributed by atoms with van der Waals surface area (Å²) in [6.45, 7) is 3.00. The van der Waals surface area contributed by atoms with Crippen molar-refractivity contribution in [3.8, 4) is 5.75 Å². The van der Waals surface area contributed by atoms with E-state index in [0.29, 0.717) is 5.92 Å². The van der Waals surface area contributed by atoms with Crippen molar-refractivity contribution in [3.63, 3.8) is 0 Å². The maximum Gasteiger partial charge on any atom is 0.223 e. The zero-order valence-corrected chi connectivity index (χ0v) is 17.9. The van der Waals surface area contributed by atoms with Crippen molar-refractivity contribution in [1.82, 2.24) is 15.2 Å². The molecule has 2 fully saturated rings. The molecule has 4 rings (SSSR count). The van der Waals surface area contributed by atoms with E-state index >= 15 is 0 Å². The number of carbonyl (C=O) groups excluding carboxylic acids is 1. The number of hydrogen-bond acceptors (Lipinski definition) is 4. The highest BCUT2D eigenvalue weighted by Gasteiger charge is 2.32. The van der Waals surface area contributed by atoms with Crippen LogP contribution in [-0.4, -0.2) is 36.0 Å². The molecule has 1 aromatic heterocycles. The molecular weight excluding hydrogens is 374 g/mol. The van der Waals surface area contributed by atoms with E-state index in [1.54, 1.807) is 7.11 Å². The van der Waals surface area contributed by atoms with Gasteiger partial charge in [-0.2, -0.15) is 0 Å². The molecule has 0 bridgehead atoms. The summed E-state index contributed by atoms with van der Waals surface area (Å²) in [6.07, 6.45) is 8.37. The molecule has 1 N–H and O–H groups in total. The molecule has 5 nitrogen and oxygen atoms in total. The summed E-state index contributed by atoms with van der Waals surface area (Å²) in [6, 6.07) is 14.3. The summed E-state index contributed by atoms with van der Waals surface area (Å²) in [5.74, 6) is 1.74. The first-order valence-corrected chi connectivity index (χ1v) is 11.3. The fraction of sp³-hybridized carbons (Fsp3) is 0.520. The monoisotopic (exact) mass is 407 g/mol. The van der Waals surface area contributed by atoms with Crippen LogP contribution in [0.2, 0.25) is 0 Å². The van der Waals surface area contributed by atoms with Gasteiger partial charge >= 0.3 is 0 Å². The molecule has 5 heteroatoms. The number of nitrogens with zero attached hydrogens (tertiary/aromatic N) is 2. The third kappa shape index (κ3) is 5.20. The lowest BCUT2D eigenvalue weighted by Crippen LogP contribution is -2.42. The van der Waals surface area contributed by atoms with E-state index in [9.17, 15) is 4.79 Å². The number of likely N-dealkylation sites (tertiary alicyclic amines) is 1. The van der Waals surface area contributed by atoms with Gasteiger partial charge in [0.25, 0.3) is 0 Å². The van der Waals surface area contributed by atoms with Crippen molar-refractivity contribution in [1.29, 1.82) is 0 Å². The third-order valence-corrected chi connectivity index (χ3v) is 6.67. The minimum atomic E-state index is 0.0123. The van der Waals surface area contributed by atoms with Crippen molar-refractivity contribution in [3.05, 3.63) is 59.9 Å². The van der Waals surface area contributed by atoms with Gasteiger partial charge in [0.05, 0.1) is 18.8 Å². The first-order chi connectivity index (χ1) is 14.7. The predicted octanol–water partition coefficient (Wildman–Crippen LogP) is 4.35. The lowest BCUT2D eigenvalue weighted by molar-refractivity contribution is -0.126. The fourth-order valence-corrected chi connectivity index (χ4v) is 4.93. The highest BCUT2D eigenvalue weighted by atomic mass is 16.5. The quantitative estimate of drug-likeness (QED) is 0.741. The molecule has 2 aliphatic rings. The summed E-state index contributed by atoms with van der Waals surface area (Å²) < 4.78 is 5.35. The van der Waals surface area contributed by atoms with Crippen LogP contribution in [0.4, 0.5) is 0 Å². The smallest absolute Gasteiger partial charge is 0.223 e. The topological polar surface area (TPSA) is 54.5 Å². The summed E-state index contributed by atoms with van der Waals surface area (Å²) in [5.41, 5.74) is 2.28. The van der Waals surface area contributed by atoms with E-state index < -0.39 is 0 Å². The van der Waals surface area contributed by atoms with Crippen LogP contribution in [0.3, 0.4) is 0 Å². The Morgan fingerprint density at radius 2 is 1.93 bits per heavy atom. The number of ether oxygens (including phenoxy) is 1. The highest BCUT2D eigenvalue weighted by Crippen LogP contribution is 2.32. The number of benzene rings is 1. The molecule has 1 amide bonds. The Labute approximate surface area is 179 Å². The van der Waals surface area contributed by atoms with Gasteiger partial charge in [0.2, 0.25) is 5.91 Å². The van der Waals surface area contributed by atoms with Crippen LogP contribution in [-0.2, 0) is 11.3 Å². The number of nitrogens with one attached hydrogen (secondary N) is 1. The average molecular weight is 408 g/mol. The zero-order chi connectivity index (χ0) is 20.8. The molecule has 1 saturated heterocycles. The minimum absolute atomic E-state index is 0.0123. The SMILES string of the molecule is COc1cccc(CN2CCC([C@H](NC(=O)C3CCCC3)c3ccccn3)CC2)c1. The van der Waals surface area contributed by atoms with E-state index in [0.717, 1.165) is 56.8 Å². The number of piperidine rings is 1. The predicted molar refractivity (Wildman–Crippen MR) is 118 cm³/mol. The van der Waals surface area contributed by atoms with Crippen LogP contribution in [0.1, 0.15) is 55.8 Å². The maximum atomic E-state index is 12.9. The van der Waals surface area contributed by atoms with E-state index in [-0.39, 0.29) is 17.9 Å². The Kier molecular flexibility index (Phi) is 7.00. The second kappa shape index (κ2) is 10.1. The van der Waals surface area contributed by atoms with Gasteiger partial charge in [-0.3, -0.25) is 14.7 Å². The number of hydrogen-bond donors (Lipinski definition) is 1. The Morgan fingerprint density at radius 3 is 2.63 bits per heavy atom. The first-order valence-electron chi connectivity index (χ1n) is 11.3. The van der Waals surface area contributed by atoms with Crippen molar-refractivity contribution in [2.24, 2.45) is 11.8 Å². The van der Waals surface area contributed by atoms with Gasteiger partial charge in [-0.25, -0.2) is 0 Å². The number of pyridine rings is 1. The van der Waals surface area contributed by atoms with Crippen LogP contribution in [0, 0.1) is 11.8 Å². The second-order valence-corrected chi connectivity index (χ2v) is 8.69. The lowest BCUT2D eigenvalue weighted by atomic mass is 9.86. The first kappa shape index (κ1) is 20.9. The maximum absolute atomic E-state index is 12.9. The largest absolute Gasteiger partial charge is 0.497 e. The fourth-order valence-electron chi connectivity index (χ4n) is 4.93. The van der Waals surface area contributed by atoms with Gasteiger partial charge in [0.1, 0.15) is 5.75 Å². The Morgan fingerprint density at radius 1 is 1.13 bits per heavy atom. The van der Waals surface area contributed by atoms with Gasteiger partial charge in [-0.15, -0.1) is 0 Å². The van der Waals surface area contributed by atoms with E-state index in [2.05, 4.69) is 39.5 Å². The molecule has 1 aromatic carbocycles. The van der Waals surface area contributed by atoms with Crippen molar-refractivity contribution in [2.75, 3.05) is 20.2 Å². The van der Waals surface area contributed by atoms with E-state index in [1.807, 2.05) is 24.4 Å². The number of amides is 1. The molecule has 0 unspecified atom stereocenters. The molecule has 2 aromatic rings. The third-order valence-electron chi connectivity index (χ3n) is 6.67. The van der Waals surface area contributed by atoms with Gasteiger partial charge in [0.15, 0.2) is 0 Å². The summed E-state index contributed by atoms with van der Waals surface area (Å²) in [7, 11) is 1.71. The number of carbonyl (C=O) groups is 1. The van der Waals surface area contributed by atoms with Crippen molar-refractivity contribution in [2.45, 2.75) is 51.1 Å². The standard InChI is InChI=1S/C25H33N3O2/c1-30-22-10-6-7-19(17-22)18-28-15-12-20(13-16-28)24(23-11-4-5-14-26-23)27-25(29)21-8-2-3-9-21/h4-7,10-11,14,17,20-21,24H,2-3,8-9,12-13,15-16,18H2,1H3,(H,27,29)/t24-/m0/s1. The minimum Gasteiger partial charge on any atom is -0.497 e. The number of rotatable bonds is 7. The van der Waals surface area contributed by atoms with Gasteiger partial charge < -0.3 is 10.1 Å².